The Bertz CT molecular complexity index is 791. The Kier molecular flexibility index (Phi) is 3.94. The van der Waals surface area contributed by atoms with E-state index in [0.29, 0.717) is 12.1 Å². The van der Waals surface area contributed by atoms with Crippen LogP contribution in [0.5, 0.6) is 0 Å². The van der Waals surface area contributed by atoms with Gasteiger partial charge in [-0.25, -0.2) is 9.37 Å². The topological polar surface area (TPSA) is 51.8 Å². The number of hydrogen-bond donors (Lipinski definition) is 1. The van der Waals surface area contributed by atoms with Crippen molar-refractivity contribution in [3.05, 3.63) is 70.2 Å². The van der Waals surface area contributed by atoms with Gasteiger partial charge in [-0.1, -0.05) is 28.1 Å². The third-order valence-corrected chi connectivity index (χ3v) is 4.07. The lowest BCUT2D eigenvalue weighted by molar-refractivity contribution is 0.620. The summed E-state index contributed by atoms with van der Waals surface area (Å²) in [5.74, 6) is -0.273. The average Bonchev–Trinajstić information content (AvgIpc) is 2.50. The molecular weight excluding hydrogens is 333 g/mol. The molecule has 0 aliphatic heterocycles. The lowest BCUT2D eigenvalue weighted by Gasteiger charge is -2.13. The number of nitrogens with zero attached hydrogens (tertiary/aromatic N) is 2. The SMILES string of the molecule is NC(Cc1cc(F)ccc1Br)c1cnc2ccccc2n1. The lowest BCUT2D eigenvalue weighted by Crippen LogP contribution is -2.15. The maximum atomic E-state index is 13.3. The van der Waals surface area contributed by atoms with Gasteiger partial charge >= 0.3 is 0 Å². The van der Waals surface area contributed by atoms with E-state index in [1.54, 1.807) is 12.3 Å². The van der Waals surface area contributed by atoms with Gasteiger partial charge in [-0.2, -0.15) is 0 Å². The maximum absolute atomic E-state index is 13.3. The number of halogens is 2. The van der Waals surface area contributed by atoms with Crippen LogP contribution in [0.4, 0.5) is 4.39 Å². The minimum atomic E-state index is -0.333. The molecule has 5 heteroatoms. The van der Waals surface area contributed by atoms with Crippen LogP contribution in [0.15, 0.2) is 53.1 Å². The van der Waals surface area contributed by atoms with Crippen molar-refractivity contribution in [3.8, 4) is 0 Å². The predicted octanol–water partition coefficient (Wildman–Crippen LogP) is 3.77. The first-order chi connectivity index (χ1) is 10.1. The summed E-state index contributed by atoms with van der Waals surface area (Å²) >= 11 is 3.41. The molecule has 0 spiro atoms. The van der Waals surface area contributed by atoms with E-state index in [1.165, 1.54) is 12.1 Å². The van der Waals surface area contributed by atoms with Crippen LogP contribution in [0, 0.1) is 5.82 Å². The van der Waals surface area contributed by atoms with E-state index >= 15 is 0 Å². The number of rotatable bonds is 3. The summed E-state index contributed by atoms with van der Waals surface area (Å²) in [6.45, 7) is 0. The number of benzene rings is 2. The second-order valence-corrected chi connectivity index (χ2v) is 5.68. The lowest BCUT2D eigenvalue weighted by atomic mass is 10.0. The van der Waals surface area contributed by atoms with Gasteiger partial charge in [-0.05, 0) is 42.3 Å². The molecule has 3 aromatic rings. The third-order valence-electron chi connectivity index (χ3n) is 3.29. The first-order valence-corrected chi connectivity index (χ1v) is 7.34. The van der Waals surface area contributed by atoms with Crippen molar-refractivity contribution in [3.63, 3.8) is 0 Å². The van der Waals surface area contributed by atoms with Gasteiger partial charge in [0.05, 0.1) is 29.0 Å². The number of fused-ring (bicyclic) bond motifs is 1. The maximum Gasteiger partial charge on any atom is 0.123 e. The zero-order chi connectivity index (χ0) is 14.8. The van der Waals surface area contributed by atoms with E-state index in [0.717, 1.165) is 21.1 Å². The summed E-state index contributed by atoms with van der Waals surface area (Å²) in [4.78, 5) is 8.88. The Morgan fingerprint density at radius 1 is 1.14 bits per heavy atom. The number of nitrogens with two attached hydrogens (primary N) is 1. The van der Waals surface area contributed by atoms with E-state index in [9.17, 15) is 4.39 Å². The summed E-state index contributed by atoms with van der Waals surface area (Å²) in [5.41, 5.74) is 9.35. The van der Waals surface area contributed by atoms with Gasteiger partial charge in [-0.3, -0.25) is 4.98 Å². The first-order valence-electron chi connectivity index (χ1n) is 6.54. The Balaban J connectivity index is 1.89. The Morgan fingerprint density at radius 3 is 2.71 bits per heavy atom. The Labute approximate surface area is 130 Å². The van der Waals surface area contributed by atoms with Gasteiger partial charge in [0.2, 0.25) is 0 Å². The monoisotopic (exact) mass is 345 g/mol. The van der Waals surface area contributed by atoms with Crippen LogP contribution in [-0.4, -0.2) is 9.97 Å². The van der Waals surface area contributed by atoms with Crippen LogP contribution in [0.2, 0.25) is 0 Å². The molecule has 0 amide bonds. The molecule has 0 saturated heterocycles. The van der Waals surface area contributed by atoms with Crippen molar-refractivity contribution in [2.45, 2.75) is 12.5 Å². The zero-order valence-electron chi connectivity index (χ0n) is 11.1. The third kappa shape index (κ3) is 3.09. The quantitative estimate of drug-likeness (QED) is 0.785. The summed E-state index contributed by atoms with van der Waals surface area (Å²) < 4.78 is 14.2. The molecule has 21 heavy (non-hydrogen) atoms. The van der Waals surface area contributed by atoms with Crippen LogP contribution >= 0.6 is 15.9 Å². The van der Waals surface area contributed by atoms with E-state index in [1.807, 2.05) is 24.3 Å². The fourth-order valence-electron chi connectivity index (χ4n) is 2.19. The molecule has 0 aliphatic carbocycles. The minimum Gasteiger partial charge on any atom is -0.322 e. The van der Waals surface area contributed by atoms with Crippen LogP contribution in [0.1, 0.15) is 17.3 Å². The first kappa shape index (κ1) is 14.1. The van der Waals surface area contributed by atoms with Crippen LogP contribution in [0.25, 0.3) is 11.0 Å². The molecule has 3 nitrogen and oxygen atoms in total. The largest absolute Gasteiger partial charge is 0.322 e. The second kappa shape index (κ2) is 5.87. The molecule has 0 fully saturated rings. The van der Waals surface area contributed by atoms with Crippen molar-refractivity contribution in [1.29, 1.82) is 0 Å². The van der Waals surface area contributed by atoms with Crippen molar-refractivity contribution in [1.82, 2.24) is 9.97 Å². The Hall–Kier alpha value is -1.85. The highest BCUT2D eigenvalue weighted by Crippen LogP contribution is 2.23. The fourth-order valence-corrected chi connectivity index (χ4v) is 2.60. The van der Waals surface area contributed by atoms with Crippen molar-refractivity contribution in [2.75, 3.05) is 0 Å². The van der Waals surface area contributed by atoms with E-state index < -0.39 is 0 Å². The van der Waals surface area contributed by atoms with Gasteiger partial charge in [0.1, 0.15) is 5.82 Å². The van der Waals surface area contributed by atoms with Gasteiger partial charge in [0, 0.05) is 4.47 Å². The Morgan fingerprint density at radius 2 is 1.90 bits per heavy atom. The highest BCUT2D eigenvalue weighted by Gasteiger charge is 2.12. The fraction of sp³-hybridized carbons (Fsp3) is 0.125. The highest BCUT2D eigenvalue weighted by atomic mass is 79.9. The normalized spacial score (nSPS) is 12.5. The standard InChI is InChI=1S/C16H13BrFN3/c17-12-6-5-11(18)7-10(12)8-13(19)16-9-20-14-3-1-2-4-15(14)21-16/h1-7,9,13H,8,19H2. The second-order valence-electron chi connectivity index (χ2n) is 4.83. The molecule has 2 N–H and O–H groups in total. The molecule has 3 rings (SSSR count). The van der Waals surface area contributed by atoms with Crippen molar-refractivity contribution < 1.29 is 4.39 Å². The van der Waals surface area contributed by atoms with Gasteiger partial charge in [0.15, 0.2) is 0 Å². The summed E-state index contributed by atoms with van der Waals surface area (Å²) in [5, 5.41) is 0. The molecule has 1 aromatic heterocycles. The summed E-state index contributed by atoms with van der Waals surface area (Å²) in [6.07, 6.45) is 2.17. The average molecular weight is 346 g/mol. The number of para-hydroxylation sites is 2. The van der Waals surface area contributed by atoms with Crippen LogP contribution < -0.4 is 5.73 Å². The molecule has 1 unspecified atom stereocenters. The van der Waals surface area contributed by atoms with Crippen LogP contribution in [0.3, 0.4) is 0 Å². The molecule has 0 bridgehead atoms. The smallest absolute Gasteiger partial charge is 0.123 e. The minimum absolute atomic E-state index is 0.273. The van der Waals surface area contributed by atoms with Gasteiger partial charge in [0.25, 0.3) is 0 Å². The highest BCUT2D eigenvalue weighted by molar-refractivity contribution is 9.10. The molecule has 1 atom stereocenters. The molecular formula is C16H13BrFN3. The molecule has 1 heterocycles. The molecule has 0 saturated carbocycles. The molecule has 2 aromatic carbocycles. The molecule has 106 valence electrons. The van der Waals surface area contributed by atoms with Crippen molar-refractivity contribution in [2.24, 2.45) is 5.73 Å². The molecule has 0 radical (unpaired) electrons. The van der Waals surface area contributed by atoms with Gasteiger partial charge < -0.3 is 5.73 Å². The predicted molar refractivity (Wildman–Crippen MR) is 84.3 cm³/mol. The number of hydrogen-bond acceptors (Lipinski definition) is 3. The summed E-state index contributed by atoms with van der Waals surface area (Å²) in [6, 6.07) is 11.9. The van der Waals surface area contributed by atoms with E-state index in [4.69, 9.17) is 5.73 Å². The number of aromatic nitrogens is 2. The summed E-state index contributed by atoms with van der Waals surface area (Å²) in [7, 11) is 0. The van der Waals surface area contributed by atoms with E-state index in [-0.39, 0.29) is 11.9 Å². The zero-order valence-corrected chi connectivity index (χ0v) is 12.7. The van der Waals surface area contributed by atoms with E-state index in [2.05, 4.69) is 25.9 Å². The molecule has 0 aliphatic rings. The van der Waals surface area contributed by atoms with Crippen LogP contribution in [-0.2, 0) is 6.42 Å². The van der Waals surface area contributed by atoms with Crippen molar-refractivity contribution >= 4 is 27.0 Å². The van der Waals surface area contributed by atoms with Gasteiger partial charge in [-0.15, -0.1) is 0 Å².